The highest BCUT2D eigenvalue weighted by molar-refractivity contribution is 5.94. The highest BCUT2D eigenvalue weighted by Crippen LogP contribution is 2.40. The molecule has 214 valence electrons. The van der Waals surface area contributed by atoms with E-state index in [4.69, 9.17) is 9.47 Å². The monoisotopic (exact) mass is 566 g/mol. The van der Waals surface area contributed by atoms with Gasteiger partial charge >= 0.3 is 17.6 Å². The molecule has 0 aliphatic rings. The van der Waals surface area contributed by atoms with Gasteiger partial charge in [0.1, 0.15) is 11.5 Å². The molecule has 4 aromatic rings. The van der Waals surface area contributed by atoms with E-state index in [0.717, 1.165) is 11.1 Å². The molecule has 1 N–H and O–H groups in total. The predicted octanol–water partition coefficient (Wildman–Crippen LogP) is 6.45. The Hall–Kier alpha value is -5.50. The second-order valence-corrected chi connectivity index (χ2v) is 10.6. The fourth-order valence-electron chi connectivity index (χ4n) is 4.06. The minimum absolute atomic E-state index is 0.127. The largest absolute Gasteiger partial charge is 0.433 e. The van der Waals surface area contributed by atoms with Crippen molar-refractivity contribution in [3.63, 3.8) is 0 Å². The lowest BCUT2D eigenvalue weighted by atomic mass is 9.86. The van der Waals surface area contributed by atoms with Crippen molar-refractivity contribution in [3.05, 3.63) is 105 Å². The second kappa shape index (κ2) is 12.3. The zero-order valence-corrected chi connectivity index (χ0v) is 23.9. The first kappa shape index (κ1) is 29.5. The van der Waals surface area contributed by atoms with Crippen molar-refractivity contribution in [1.82, 2.24) is 14.9 Å². The maximum Gasteiger partial charge on any atom is 0.373 e. The summed E-state index contributed by atoms with van der Waals surface area (Å²) in [7, 11) is 3.24. The molecule has 0 saturated carbocycles. The molecule has 0 bridgehead atoms. The first-order valence-corrected chi connectivity index (χ1v) is 13.0. The van der Waals surface area contributed by atoms with E-state index in [2.05, 4.69) is 21.4 Å². The van der Waals surface area contributed by atoms with Crippen LogP contribution < -0.4 is 14.8 Å². The molecule has 3 aromatic carbocycles. The summed E-state index contributed by atoms with van der Waals surface area (Å²) < 4.78 is 12.0. The summed E-state index contributed by atoms with van der Waals surface area (Å²) in [6, 6.07) is 22.5. The summed E-state index contributed by atoms with van der Waals surface area (Å²) in [6.07, 6.45) is 0. The number of rotatable bonds is 9. The molecule has 4 rings (SSSR count). The topological polar surface area (TPSA) is 144 Å². The van der Waals surface area contributed by atoms with Crippen LogP contribution in [0.1, 0.15) is 47.8 Å². The molecule has 0 fully saturated rings. The standard InChI is InChI=1S/C31H30N6O5/c1-31(2,3)24-15-14-21(18-32)16-25(24)42-30-34-27(33-19-20-10-7-6-8-11-20)26(37(39)40)28(35-30)41-23-13-9-12-22(17-23)29(38)36(4)5/h6-17H,19H2,1-5H3,(H,33,34,35). The number of aromatic nitrogens is 2. The number of nitrogens with one attached hydrogen (secondary N) is 1. The van der Waals surface area contributed by atoms with Crippen molar-refractivity contribution < 1.29 is 19.2 Å². The molecule has 0 aliphatic heterocycles. The van der Waals surface area contributed by atoms with Gasteiger partial charge in [-0.15, -0.1) is 0 Å². The fraction of sp³-hybridized carbons (Fsp3) is 0.226. The molecule has 42 heavy (non-hydrogen) atoms. The van der Waals surface area contributed by atoms with Gasteiger partial charge in [0, 0.05) is 31.8 Å². The Morgan fingerprint density at radius 3 is 2.40 bits per heavy atom. The van der Waals surface area contributed by atoms with Crippen LogP contribution in [0.25, 0.3) is 0 Å². The second-order valence-electron chi connectivity index (χ2n) is 10.6. The smallest absolute Gasteiger partial charge is 0.373 e. The van der Waals surface area contributed by atoms with Crippen LogP contribution in [0.15, 0.2) is 72.8 Å². The Kier molecular flexibility index (Phi) is 8.67. The maximum atomic E-state index is 12.5. The summed E-state index contributed by atoms with van der Waals surface area (Å²) in [4.78, 5) is 34.2. The van der Waals surface area contributed by atoms with Crippen LogP contribution in [0.4, 0.5) is 11.5 Å². The van der Waals surface area contributed by atoms with E-state index in [0.29, 0.717) is 16.9 Å². The number of carbonyl (C=O) groups excluding carboxylic acids is 1. The minimum atomic E-state index is -0.641. The quantitative estimate of drug-likeness (QED) is 0.178. The number of ether oxygens (including phenoxy) is 2. The number of nitriles is 1. The average Bonchev–Trinajstić information content (AvgIpc) is 2.95. The zero-order valence-electron chi connectivity index (χ0n) is 23.9. The van der Waals surface area contributed by atoms with E-state index < -0.39 is 10.6 Å². The van der Waals surface area contributed by atoms with E-state index in [9.17, 15) is 20.2 Å². The minimum Gasteiger partial charge on any atom is -0.433 e. The molecule has 0 unspecified atom stereocenters. The summed E-state index contributed by atoms with van der Waals surface area (Å²) in [6.45, 7) is 6.19. The maximum absolute atomic E-state index is 12.5. The van der Waals surface area contributed by atoms with Gasteiger partial charge in [-0.3, -0.25) is 14.9 Å². The molecule has 0 radical (unpaired) electrons. The Labute approximate surface area is 243 Å². The SMILES string of the molecule is CN(C)C(=O)c1cccc(Oc2nc(Oc3cc(C#N)ccc3C(C)(C)C)nc(NCc3ccccc3)c2[N+](=O)[O-])c1. The van der Waals surface area contributed by atoms with Gasteiger partial charge in [0.25, 0.3) is 5.91 Å². The normalized spacial score (nSPS) is 10.9. The summed E-state index contributed by atoms with van der Waals surface area (Å²) in [5.74, 6) is -0.291. The third-order valence-electron chi connectivity index (χ3n) is 6.14. The van der Waals surface area contributed by atoms with Gasteiger partial charge in [-0.2, -0.15) is 15.2 Å². The van der Waals surface area contributed by atoms with Crippen LogP contribution in [-0.4, -0.2) is 39.8 Å². The highest BCUT2D eigenvalue weighted by Gasteiger charge is 2.29. The van der Waals surface area contributed by atoms with E-state index >= 15 is 0 Å². The lowest BCUT2D eigenvalue weighted by molar-refractivity contribution is -0.385. The number of amides is 1. The number of carbonyl (C=O) groups is 1. The van der Waals surface area contributed by atoms with Crippen molar-refractivity contribution in [2.45, 2.75) is 32.7 Å². The van der Waals surface area contributed by atoms with Crippen LogP contribution in [-0.2, 0) is 12.0 Å². The molecule has 1 heterocycles. The molecular formula is C31H30N6O5. The third kappa shape index (κ3) is 6.98. The van der Waals surface area contributed by atoms with Gasteiger partial charge in [0.05, 0.1) is 16.6 Å². The summed E-state index contributed by atoms with van der Waals surface area (Å²) >= 11 is 0. The molecule has 1 amide bonds. The van der Waals surface area contributed by atoms with Gasteiger partial charge in [-0.05, 0) is 41.3 Å². The van der Waals surface area contributed by atoms with Crippen molar-refractivity contribution in [2.75, 3.05) is 19.4 Å². The molecule has 0 saturated heterocycles. The predicted molar refractivity (Wildman–Crippen MR) is 157 cm³/mol. The van der Waals surface area contributed by atoms with Gasteiger partial charge in [0.2, 0.25) is 5.82 Å². The van der Waals surface area contributed by atoms with Crippen LogP contribution in [0, 0.1) is 21.4 Å². The highest BCUT2D eigenvalue weighted by atomic mass is 16.6. The third-order valence-corrected chi connectivity index (χ3v) is 6.14. The van der Waals surface area contributed by atoms with Crippen LogP contribution in [0.3, 0.4) is 0 Å². The Balaban J connectivity index is 1.83. The molecule has 0 aliphatic carbocycles. The summed E-state index contributed by atoms with van der Waals surface area (Å²) in [5.41, 5.74) is 1.46. The molecule has 11 nitrogen and oxygen atoms in total. The fourth-order valence-corrected chi connectivity index (χ4v) is 4.06. The number of nitrogens with zero attached hydrogens (tertiary/aromatic N) is 5. The average molecular weight is 567 g/mol. The van der Waals surface area contributed by atoms with Crippen LogP contribution in [0.5, 0.6) is 23.4 Å². The van der Waals surface area contributed by atoms with E-state index in [-0.39, 0.29) is 41.3 Å². The molecule has 0 spiro atoms. The van der Waals surface area contributed by atoms with E-state index in [1.54, 1.807) is 50.5 Å². The van der Waals surface area contributed by atoms with Crippen molar-refractivity contribution >= 4 is 17.4 Å². The van der Waals surface area contributed by atoms with Gasteiger partial charge < -0.3 is 19.7 Å². The number of nitro groups is 1. The molecule has 1 aromatic heterocycles. The number of benzene rings is 3. The lowest BCUT2D eigenvalue weighted by Gasteiger charge is -2.22. The first-order chi connectivity index (χ1) is 20.0. The van der Waals surface area contributed by atoms with Crippen LogP contribution in [0.2, 0.25) is 0 Å². The Bertz CT molecular complexity index is 1660. The van der Waals surface area contributed by atoms with Gasteiger partial charge in [-0.1, -0.05) is 63.2 Å². The molecule has 0 atom stereocenters. The van der Waals surface area contributed by atoms with Gasteiger partial charge in [0.15, 0.2) is 0 Å². The Morgan fingerprint density at radius 2 is 1.76 bits per heavy atom. The van der Waals surface area contributed by atoms with Crippen LogP contribution >= 0.6 is 0 Å². The number of anilines is 1. The van der Waals surface area contributed by atoms with E-state index in [1.165, 1.54) is 11.0 Å². The first-order valence-electron chi connectivity index (χ1n) is 13.0. The number of hydrogen-bond acceptors (Lipinski definition) is 9. The van der Waals surface area contributed by atoms with Crippen molar-refractivity contribution in [1.29, 1.82) is 5.26 Å². The molecule has 11 heteroatoms. The van der Waals surface area contributed by atoms with Gasteiger partial charge in [-0.25, -0.2) is 0 Å². The Morgan fingerprint density at radius 1 is 1.02 bits per heavy atom. The number of hydrogen-bond donors (Lipinski definition) is 1. The summed E-state index contributed by atoms with van der Waals surface area (Å²) in [5, 5.41) is 24.8. The van der Waals surface area contributed by atoms with Crippen molar-refractivity contribution in [2.24, 2.45) is 0 Å². The van der Waals surface area contributed by atoms with Crippen molar-refractivity contribution in [3.8, 4) is 29.5 Å². The van der Waals surface area contributed by atoms with E-state index in [1.807, 2.05) is 51.1 Å². The zero-order chi connectivity index (χ0) is 30.4. The lowest BCUT2D eigenvalue weighted by Crippen LogP contribution is -2.21. The molecular weight excluding hydrogens is 536 g/mol.